The van der Waals surface area contributed by atoms with Crippen molar-refractivity contribution in [3.63, 3.8) is 0 Å². The Hall–Kier alpha value is -3.50. The minimum absolute atomic E-state index is 0.248. The molecule has 0 saturated heterocycles. The molecule has 1 unspecified atom stereocenters. The molecule has 3 aromatic carbocycles. The van der Waals surface area contributed by atoms with Crippen molar-refractivity contribution in [2.75, 3.05) is 0 Å². The normalized spacial score (nSPS) is 15.0. The summed E-state index contributed by atoms with van der Waals surface area (Å²) < 4.78 is 11.4. The van der Waals surface area contributed by atoms with E-state index in [4.69, 9.17) is 9.47 Å². The Bertz CT molecular complexity index is 1150. The van der Waals surface area contributed by atoms with Crippen molar-refractivity contribution >= 4 is 17.7 Å². The smallest absolute Gasteiger partial charge is 0.330 e. The summed E-state index contributed by atoms with van der Waals surface area (Å²) in [7, 11) is 0. The summed E-state index contributed by atoms with van der Waals surface area (Å²) >= 11 is 1.65. The summed E-state index contributed by atoms with van der Waals surface area (Å²) in [5.41, 5.74) is 2.10. The van der Waals surface area contributed by atoms with Crippen molar-refractivity contribution in [1.82, 2.24) is 0 Å². The van der Waals surface area contributed by atoms with Crippen molar-refractivity contribution in [2.24, 2.45) is 5.92 Å². The number of esters is 1. The van der Waals surface area contributed by atoms with Crippen LogP contribution in [0.4, 0.5) is 0 Å². The van der Waals surface area contributed by atoms with Gasteiger partial charge in [0.1, 0.15) is 19.0 Å². The number of benzene rings is 3. The van der Waals surface area contributed by atoms with Gasteiger partial charge in [-0.1, -0.05) is 90.7 Å². The summed E-state index contributed by atoms with van der Waals surface area (Å²) in [5, 5.41) is 0. The molecule has 4 heteroatoms. The monoisotopic (exact) mass is 454 g/mol. The zero-order valence-electron chi connectivity index (χ0n) is 18.3. The van der Waals surface area contributed by atoms with Gasteiger partial charge < -0.3 is 9.47 Å². The first-order valence-corrected chi connectivity index (χ1v) is 11.8. The highest BCUT2D eigenvalue weighted by molar-refractivity contribution is 7.99. The molecule has 0 fully saturated rings. The number of carbonyl (C=O) groups excluding carboxylic acids is 1. The molecule has 1 aliphatic carbocycles. The van der Waals surface area contributed by atoms with Gasteiger partial charge in [0.25, 0.3) is 0 Å². The quantitative estimate of drug-likeness (QED) is 0.254. The molecule has 1 atom stereocenters. The Morgan fingerprint density at radius 2 is 1.67 bits per heavy atom. The molecule has 3 nitrogen and oxygen atoms in total. The van der Waals surface area contributed by atoms with E-state index in [-0.39, 0.29) is 18.5 Å². The molecule has 0 bridgehead atoms. The van der Waals surface area contributed by atoms with E-state index in [1.54, 1.807) is 11.8 Å². The second-order valence-electron chi connectivity index (χ2n) is 7.68. The average Bonchev–Trinajstić information content (AvgIpc) is 2.87. The highest BCUT2D eigenvalue weighted by Crippen LogP contribution is 2.31. The number of ether oxygens (including phenoxy) is 2. The van der Waals surface area contributed by atoms with Gasteiger partial charge in [-0.25, -0.2) is 4.79 Å². The summed E-state index contributed by atoms with van der Waals surface area (Å²) in [6, 6.07) is 26.2. The second kappa shape index (κ2) is 11.9. The molecule has 3 aromatic rings. The lowest BCUT2D eigenvalue weighted by molar-refractivity contribution is -0.139. The van der Waals surface area contributed by atoms with Crippen LogP contribution < -0.4 is 4.74 Å². The van der Waals surface area contributed by atoms with Crippen LogP contribution >= 0.6 is 11.8 Å². The van der Waals surface area contributed by atoms with E-state index in [1.807, 2.05) is 72.8 Å². The Labute approximate surface area is 199 Å². The van der Waals surface area contributed by atoms with Crippen LogP contribution in [0.25, 0.3) is 0 Å². The van der Waals surface area contributed by atoms with Crippen LogP contribution in [0.2, 0.25) is 0 Å². The van der Waals surface area contributed by atoms with Crippen LogP contribution in [0.5, 0.6) is 5.75 Å². The predicted octanol–water partition coefficient (Wildman–Crippen LogP) is 7.15. The zero-order chi connectivity index (χ0) is 22.7. The Kier molecular flexibility index (Phi) is 8.20. The first-order chi connectivity index (χ1) is 16.2. The number of hydrogen-bond donors (Lipinski definition) is 0. The topological polar surface area (TPSA) is 35.5 Å². The fraction of sp³-hybridized carbons (Fsp3) is 0.138. The van der Waals surface area contributed by atoms with Gasteiger partial charge in [0.15, 0.2) is 0 Å². The Balaban J connectivity index is 1.29. The maximum absolute atomic E-state index is 12.1. The molecule has 1 aliphatic rings. The van der Waals surface area contributed by atoms with E-state index in [9.17, 15) is 4.79 Å². The van der Waals surface area contributed by atoms with Gasteiger partial charge in [0.05, 0.1) is 0 Å². The fourth-order valence-corrected chi connectivity index (χ4v) is 4.30. The molecule has 0 aliphatic heterocycles. The SMILES string of the molecule is O=C(/C=C/C1C=CC=CC1)OCc1cccc(Sc2cccc(OCc3ccccc3)c2)c1. The molecule has 33 heavy (non-hydrogen) atoms. The van der Waals surface area contributed by atoms with Crippen molar-refractivity contribution in [3.05, 3.63) is 126 Å². The predicted molar refractivity (Wildman–Crippen MR) is 133 cm³/mol. The van der Waals surface area contributed by atoms with E-state index >= 15 is 0 Å². The minimum Gasteiger partial charge on any atom is -0.489 e. The standard InChI is InChI=1S/C29H26O3S/c30-29(18-17-23-9-3-1-4-10-23)32-22-25-13-7-15-27(19-25)33-28-16-8-14-26(20-28)31-21-24-11-5-2-6-12-24/h1-9,11-20,23H,10,21-22H2/b18-17+. The lowest BCUT2D eigenvalue weighted by Crippen LogP contribution is -2.02. The number of allylic oxidation sites excluding steroid dienone is 5. The van der Waals surface area contributed by atoms with E-state index in [0.717, 1.165) is 33.1 Å². The number of rotatable bonds is 9. The molecule has 0 amide bonds. The van der Waals surface area contributed by atoms with E-state index in [0.29, 0.717) is 6.61 Å². The zero-order valence-corrected chi connectivity index (χ0v) is 19.1. The highest BCUT2D eigenvalue weighted by atomic mass is 32.2. The van der Waals surface area contributed by atoms with Crippen molar-refractivity contribution in [2.45, 2.75) is 29.4 Å². The Morgan fingerprint density at radius 3 is 2.48 bits per heavy atom. The van der Waals surface area contributed by atoms with Crippen LogP contribution in [0.3, 0.4) is 0 Å². The molecular weight excluding hydrogens is 428 g/mol. The van der Waals surface area contributed by atoms with Crippen molar-refractivity contribution in [3.8, 4) is 5.75 Å². The maximum atomic E-state index is 12.1. The molecule has 166 valence electrons. The molecule has 0 saturated carbocycles. The number of carbonyl (C=O) groups is 1. The molecule has 0 aromatic heterocycles. The summed E-state index contributed by atoms with van der Waals surface area (Å²) in [4.78, 5) is 14.2. The summed E-state index contributed by atoms with van der Waals surface area (Å²) in [5.74, 6) is 0.776. The van der Waals surface area contributed by atoms with Crippen LogP contribution in [-0.4, -0.2) is 5.97 Å². The van der Waals surface area contributed by atoms with Crippen molar-refractivity contribution < 1.29 is 14.3 Å². The fourth-order valence-electron chi connectivity index (χ4n) is 3.35. The third-order valence-corrected chi connectivity index (χ3v) is 6.04. The molecule has 0 N–H and O–H groups in total. The van der Waals surface area contributed by atoms with Gasteiger partial charge in [-0.2, -0.15) is 0 Å². The lowest BCUT2D eigenvalue weighted by Gasteiger charge is -2.09. The highest BCUT2D eigenvalue weighted by Gasteiger charge is 2.05. The largest absolute Gasteiger partial charge is 0.489 e. The first kappa shape index (κ1) is 22.7. The van der Waals surface area contributed by atoms with Gasteiger partial charge in [-0.15, -0.1) is 0 Å². The second-order valence-corrected chi connectivity index (χ2v) is 8.82. The maximum Gasteiger partial charge on any atom is 0.330 e. The molecule has 0 heterocycles. The Morgan fingerprint density at radius 1 is 0.879 bits per heavy atom. The van der Waals surface area contributed by atoms with Crippen LogP contribution in [-0.2, 0) is 22.7 Å². The van der Waals surface area contributed by atoms with Crippen LogP contribution in [0.15, 0.2) is 125 Å². The molecule has 0 radical (unpaired) electrons. The van der Waals surface area contributed by atoms with Gasteiger partial charge in [-0.05, 0) is 53.8 Å². The van der Waals surface area contributed by atoms with Crippen LogP contribution in [0, 0.1) is 5.92 Å². The lowest BCUT2D eigenvalue weighted by atomic mass is 10.0. The minimum atomic E-state index is -0.320. The average molecular weight is 455 g/mol. The third-order valence-electron chi connectivity index (χ3n) is 5.06. The van der Waals surface area contributed by atoms with E-state index in [1.165, 1.54) is 6.08 Å². The molecular formula is C29H26O3S. The van der Waals surface area contributed by atoms with Crippen LogP contribution in [0.1, 0.15) is 17.5 Å². The summed E-state index contributed by atoms with van der Waals surface area (Å²) in [6.07, 6.45) is 12.5. The summed E-state index contributed by atoms with van der Waals surface area (Å²) in [6.45, 7) is 0.788. The van der Waals surface area contributed by atoms with E-state index in [2.05, 4.69) is 36.4 Å². The van der Waals surface area contributed by atoms with Gasteiger partial charge in [0.2, 0.25) is 0 Å². The van der Waals surface area contributed by atoms with E-state index < -0.39 is 0 Å². The first-order valence-electron chi connectivity index (χ1n) is 11.0. The molecule has 4 rings (SSSR count). The molecule has 0 spiro atoms. The third kappa shape index (κ3) is 7.55. The number of hydrogen-bond acceptors (Lipinski definition) is 4. The van der Waals surface area contributed by atoms with Gasteiger partial charge in [0, 0.05) is 15.9 Å². The van der Waals surface area contributed by atoms with Crippen molar-refractivity contribution in [1.29, 1.82) is 0 Å². The van der Waals surface area contributed by atoms with Gasteiger partial charge >= 0.3 is 5.97 Å². The van der Waals surface area contributed by atoms with Gasteiger partial charge in [-0.3, -0.25) is 0 Å².